The molecule has 0 spiro atoms. The average molecular weight is 216 g/mol. The van der Waals surface area contributed by atoms with E-state index >= 15 is 0 Å². The molecule has 0 aliphatic carbocycles. The van der Waals surface area contributed by atoms with Crippen molar-refractivity contribution in [1.82, 2.24) is 4.90 Å². The summed E-state index contributed by atoms with van der Waals surface area (Å²) >= 11 is 0. The molecule has 1 rings (SSSR count). The normalized spacial score (nSPS) is 23.6. The molecule has 1 unspecified atom stereocenters. The zero-order valence-corrected chi connectivity index (χ0v) is 8.68. The molecule has 0 aromatic carbocycles. The van der Waals surface area contributed by atoms with Gasteiger partial charge in [0, 0.05) is 6.54 Å². The average Bonchev–Trinajstić information content (AvgIpc) is 2.16. The molecule has 86 valence electrons. The lowest BCUT2D eigenvalue weighted by molar-refractivity contribution is -0.145. The molecule has 15 heavy (non-hydrogen) atoms. The van der Waals surface area contributed by atoms with E-state index < -0.39 is 12.0 Å². The molecule has 0 bridgehead atoms. The number of hydrogen-bond acceptors (Lipinski definition) is 4. The quantitative estimate of drug-likeness (QED) is 0.633. The highest BCUT2D eigenvalue weighted by molar-refractivity contribution is 5.86. The summed E-state index contributed by atoms with van der Waals surface area (Å²) in [5.74, 6) is -1.37. The fourth-order valence-corrected chi connectivity index (χ4v) is 1.54. The molecule has 6 heteroatoms. The van der Waals surface area contributed by atoms with E-state index in [9.17, 15) is 9.59 Å². The topological polar surface area (TPSA) is 92.9 Å². The highest BCUT2D eigenvalue weighted by Crippen LogP contribution is 2.08. The van der Waals surface area contributed by atoms with Gasteiger partial charge < -0.3 is 20.5 Å². The predicted octanol–water partition coefficient (Wildman–Crippen LogP) is -0.964. The van der Waals surface area contributed by atoms with Crippen LogP contribution in [0.1, 0.15) is 13.3 Å². The maximum atomic E-state index is 11.7. The van der Waals surface area contributed by atoms with Crippen molar-refractivity contribution in [3.63, 3.8) is 0 Å². The monoisotopic (exact) mass is 216 g/mol. The Morgan fingerprint density at radius 1 is 1.67 bits per heavy atom. The Morgan fingerprint density at radius 2 is 2.33 bits per heavy atom. The van der Waals surface area contributed by atoms with Crippen molar-refractivity contribution in [2.75, 3.05) is 19.8 Å². The summed E-state index contributed by atoms with van der Waals surface area (Å²) in [4.78, 5) is 23.7. The summed E-state index contributed by atoms with van der Waals surface area (Å²) < 4.78 is 5.17. The first-order chi connectivity index (χ1) is 7.02. The number of nitrogens with two attached hydrogens (primary N) is 1. The molecule has 1 fully saturated rings. The van der Waals surface area contributed by atoms with Gasteiger partial charge in [-0.15, -0.1) is 0 Å². The van der Waals surface area contributed by atoms with Gasteiger partial charge in [-0.1, -0.05) is 0 Å². The van der Waals surface area contributed by atoms with E-state index in [0.29, 0.717) is 19.8 Å². The minimum Gasteiger partial charge on any atom is -0.481 e. The van der Waals surface area contributed by atoms with Crippen molar-refractivity contribution in [2.24, 2.45) is 5.73 Å². The van der Waals surface area contributed by atoms with Crippen LogP contribution in [0.2, 0.25) is 0 Å². The molecule has 2 atom stereocenters. The van der Waals surface area contributed by atoms with Crippen molar-refractivity contribution >= 4 is 11.9 Å². The van der Waals surface area contributed by atoms with Gasteiger partial charge in [-0.3, -0.25) is 9.59 Å². The predicted molar refractivity (Wildman–Crippen MR) is 52.2 cm³/mol. The Morgan fingerprint density at radius 3 is 2.87 bits per heavy atom. The molecule has 1 saturated heterocycles. The summed E-state index contributed by atoms with van der Waals surface area (Å²) in [6, 6.07) is -0.992. The van der Waals surface area contributed by atoms with Gasteiger partial charge in [-0.2, -0.15) is 0 Å². The van der Waals surface area contributed by atoms with E-state index in [2.05, 4.69) is 0 Å². The Balaban J connectivity index is 2.54. The van der Waals surface area contributed by atoms with Crippen LogP contribution in [-0.2, 0) is 14.3 Å². The summed E-state index contributed by atoms with van der Waals surface area (Å²) in [5, 5.41) is 8.52. The number of carboxylic acids is 1. The molecule has 0 radical (unpaired) electrons. The zero-order chi connectivity index (χ0) is 11.4. The number of amides is 1. The number of hydrogen-bond donors (Lipinski definition) is 2. The van der Waals surface area contributed by atoms with Crippen LogP contribution in [0.15, 0.2) is 0 Å². The van der Waals surface area contributed by atoms with E-state index in [1.165, 1.54) is 0 Å². The Labute approximate surface area is 88.0 Å². The second-order valence-electron chi connectivity index (χ2n) is 3.66. The second-order valence-corrected chi connectivity index (χ2v) is 3.66. The minimum atomic E-state index is -1.06. The van der Waals surface area contributed by atoms with Crippen LogP contribution in [0, 0.1) is 0 Å². The highest BCUT2D eigenvalue weighted by atomic mass is 16.5. The summed E-state index contributed by atoms with van der Waals surface area (Å²) in [7, 11) is 0. The lowest BCUT2D eigenvalue weighted by atomic mass is 10.1. The van der Waals surface area contributed by atoms with Gasteiger partial charge in [0.15, 0.2) is 0 Å². The standard InChI is InChI=1S/C9H16N2O4/c1-6-5-15-3-2-11(6)9(14)7(10)4-8(12)13/h6-7H,2-5,10H2,1H3,(H,12,13)/t6-,7?/m1/s1. The smallest absolute Gasteiger partial charge is 0.305 e. The fourth-order valence-electron chi connectivity index (χ4n) is 1.54. The van der Waals surface area contributed by atoms with Crippen LogP contribution in [0.4, 0.5) is 0 Å². The number of aliphatic carboxylic acids is 1. The van der Waals surface area contributed by atoms with Gasteiger partial charge in [0.1, 0.15) is 0 Å². The van der Waals surface area contributed by atoms with Crippen molar-refractivity contribution in [1.29, 1.82) is 0 Å². The van der Waals surface area contributed by atoms with Gasteiger partial charge in [0.25, 0.3) is 0 Å². The first-order valence-corrected chi connectivity index (χ1v) is 4.88. The number of carboxylic acid groups (broad SMARTS) is 1. The SMILES string of the molecule is C[C@@H]1COCCN1C(=O)C(N)CC(=O)O. The van der Waals surface area contributed by atoms with Crippen LogP contribution in [0.5, 0.6) is 0 Å². The third-order valence-corrected chi connectivity index (χ3v) is 2.36. The summed E-state index contributed by atoms with van der Waals surface area (Å²) in [6.07, 6.45) is -0.330. The van der Waals surface area contributed by atoms with Crippen molar-refractivity contribution in [3.8, 4) is 0 Å². The second kappa shape index (κ2) is 5.09. The van der Waals surface area contributed by atoms with Gasteiger partial charge in [0.2, 0.25) is 5.91 Å². The van der Waals surface area contributed by atoms with E-state index in [4.69, 9.17) is 15.6 Å². The molecule has 3 N–H and O–H groups in total. The maximum Gasteiger partial charge on any atom is 0.305 e. The molecular formula is C9H16N2O4. The molecule has 1 aliphatic rings. The van der Waals surface area contributed by atoms with Crippen LogP contribution in [0.25, 0.3) is 0 Å². The molecule has 0 aromatic heterocycles. The third-order valence-electron chi connectivity index (χ3n) is 2.36. The molecule has 6 nitrogen and oxygen atoms in total. The molecule has 0 saturated carbocycles. The lowest BCUT2D eigenvalue weighted by Gasteiger charge is -2.34. The number of rotatable bonds is 3. The van der Waals surface area contributed by atoms with E-state index in [1.807, 2.05) is 6.92 Å². The number of morpholine rings is 1. The zero-order valence-electron chi connectivity index (χ0n) is 8.68. The fraction of sp³-hybridized carbons (Fsp3) is 0.778. The first kappa shape index (κ1) is 11.9. The number of ether oxygens (including phenoxy) is 1. The lowest BCUT2D eigenvalue weighted by Crippen LogP contribution is -2.53. The van der Waals surface area contributed by atoms with Gasteiger partial charge in [-0.05, 0) is 6.92 Å². The van der Waals surface area contributed by atoms with Crippen LogP contribution < -0.4 is 5.73 Å². The number of carbonyl (C=O) groups excluding carboxylic acids is 1. The Kier molecular flexibility index (Phi) is 4.05. The van der Waals surface area contributed by atoms with Crippen LogP contribution >= 0.6 is 0 Å². The first-order valence-electron chi connectivity index (χ1n) is 4.88. The minimum absolute atomic E-state index is 0.0360. The van der Waals surface area contributed by atoms with E-state index in [0.717, 1.165) is 0 Å². The summed E-state index contributed by atoms with van der Waals surface area (Å²) in [6.45, 7) is 3.29. The van der Waals surface area contributed by atoms with E-state index in [-0.39, 0.29) is 18.4 Å². The number of carbonyl (C=O) groups is 2. The molecule has 1 aliphatic heterocycles. The maximum absolute atomic E-state index is 11.7. The Hall–Kier alpha value is -1.14. The van der Waals surface area contributed by atoms with Gasteiger partial charge >= 0.3 is 5.97 Å². The van der Waals surface area contributed by atoms with E-state index in [1.54, 1.807) is 4.90 Å². The van der Waals surface area contributed by atoms with Crippen molar-refractivity contribution in [2.45, 2.75) is 25.4 Å². The van der Waals surface area contributed by atoms with Crippen LogP contribution in [0.3, 0.4) is 0 Å². The van der Waals surface area contributed by atoms with Crippen LogP contribution in [-0.4, -0.2) is 53.7 Å². The molecule has 1 amide bonds. The molecule has 0 aromatic rings. The Bertz CT molecular complexity index is 256. The third kappa shape index (κ3) is 3.17. The molecule has 1 heterocycles. The summed E-state index contributed by atoms with van der Waals surface area (Å²) in [5.41, 5.74) is 5.50. The van der Waals surface area contributed by atoms with Gasteiger partial charge in [-0.25, -0.2) is 0 Å². The highest BCUT2D eigenvalue weighted by Gasteiger charge is 2.28. The molecular weight excluding hydrogens is 200 g/mol. The number of nitrogens with zero attached hydrogens (tertiary/aromatic N) is 1. The van der Waals surface area contributed by atoms with Crippen molar-refractivity contribution in [3.05, 3.63) is 0 Å². The van der Waals surface area contributed by atoms with Crippen molar-refractivity contribution < 1.29 is 19.4 Å². The largest absolute Gasteiger partial charge is 0.481 e. The van der Waals surface area contributed by atoms with Gasteiger partial charge in [0.05, 0.1) is 31.7 Å².